The zero-order chi connectivity index (χ0) is 11.4. The summed E-state index contributed by atoms with van der Waals surface area (Å²) in [5.41, 5.74) is 2.75. The average molecular weight is 212 g/mol. The van der Waals surface area contributed by atoms with Gasteiger partial charge < -0.3 is 0 Å². The largest absolute Gasteiger partial charge is 0.298 e. The molecule has 3 nitrogen and oxygen atoms in total. The lowest BCUT2D eigenvalue weighted by molar-refractivity contribution is 0.112. The van der Waals surface area contributed by atoms with Crippen molar-refractivity contribution in [3.05, 3.63) is 47.8 Å². The summed E-state index contributed by atoms with van der Waals surface area (Å²) in [5, 5.41) is 0. The van der Waals surface area contributed by atoms with Gasteiger partial charge in [0, 0.05) is 18.0 Å². The Morgan fingerprint density at radius 2 is 1.75 bits per heavy atom. The highest BCUT2D eigenvalue weighted by Gasteiger charge is 2.00. The van der Waals surface area contributed by atoms with E-state index in [2.05, 4.69) is 29.0 Å². The van der Waals surface area contributed by atoms with Gasteiger partial charge in [-0.2, -0.15) is 0 Å². The Kier molecular flexibility index (Phi) is 3.05. The third kappa shape index (κ3) is 2.14. The third-order valence-corrected chi connectivity index (χ3v) is 2.43. The summed E-state index contributed by atoms with van der Waals surface area (Å²) in [6.45, 7) is 2.12. The molecular weight excluding hydrogens is 200 g/mol. The molecular formula is C13H12N2O. The van der Waals surface area contributed by atoms with Gasteiger partial charge in [-0.25, -0.2) is 9.97 Å². The van der Waals surface area contributed by atoms with Gasteiger partial charge >= 0.3 is 0 Å². The number of carbonyl (C=O) groups is 1. The first-order chi connectivity index (χ1) is 7.83. The molecule has 0 aliphatic heterocycles. The highest BCUT2D eigenvalue weighted by molar-refractivity contribution is 5.73. The zero-order valence-electron chi connectivity index (χ0n) is 9.05. The molecule has 1 aromatic carbocycles. The molecule has 0 saturated carbocycles. The Morgan fingerprint density at radius 3 is 2.25 bits per heavy atom. The topological polar surface area (TPSA) is 42.9 Å². The molecule has 3 heteroatoms. The van der Waals surface area contributed by atoms with Crippen LogP contribution in [0.4, 0.5) is 0 Å². The van der Waals surface area contributed by atoms with E-state index in [-0.39, 0.29) is 0 Å². The summed E-state index contributed by atoms with van der Waals surface area (Å²) in [6.07, 6.45) is 4.82. The van der Waals surface area contributed by atoms with Crippen LogP contribution in [0, 0.1) is 0 Å². The van der Waals surface area contributed by atoms with Crippen LogP contribution in [0.5, 0.6) is 0 Å². The second-order valence-corrected chi connectivity index (χ2v) is 3.51. The molecule has 0 saturated heterocycles. The van der Waals surface area contributed by atoms with Gasteiger partial charge in [0.25, 0.3) is 0 Å². The van der Waals surface area contributed by atoms with Crippen molar-refractivity contribution in [1.82, 2.24) is 9.97 Å². The lowest BCUT2D eigenvalue weighted by Crippen LogP contribution is -1.91. The monoisotopic (exact) mass is 212 g/mol. The maximum Gasteiger partial charge on any atom is 0.159 e. The van der Waals surface area contributed by atoms with Crippen molar-refractivity contribution in [2.24, 2.45) is 0 Å². The molecule has 0 amide bonds. The average Bonchev–Trinajstić information content (AvgIpc) is 2.39. The summed E-state index contributed by atoms with van der Waals surface area (Å²) >= 11 is 0. The Labute approximate surface area is 94.2 Å². The van der Waals surface area contributed by atoms with E-state index in [1.165, 1.54) is 18.0 Å². The number of nitrogens with zero attached hydrogens (tertiary/aromatic N) is 2. The zero-order valence-corrected chi connectivity index (χ0v) is 9.05. The van der Waals surface area contributed by atoms with Gasteiger partial charge in [-0.15, -0.1) is 0 Å². The first-order valence-electron chi connectivity index (χ1n) is 5.20. The minimum Gasteiger partial charge on any atom is -0.298 e. The second-order valence-electron chi connectivity index (χ2n) is 3.51. The van der Waals surface area contributed by atoms with Gasteiger partial charge in [0.05, 0.1) is 5.56 Å². The molecule has 0 N–H and O–H groups in total. The van der Waals surface area contributed by atoms with E-state index in [9.17, 15) is 4.79 Å². The molecule has 0 bridgehead atoms. The predicted octanol–water partition coefficient (Wildman–Crippen LogP) is 2.52. The summed E-state index contributed by atoms with van der Waals surface area (Å²) in [7, 11) is 0. The van der Waals surface area contributed by atoms with E-state index in [1.807, 2.05) is 12.1 Å². The number of benzene rings is 1. The first-order valence-corrected chi connectivity index (χ1v) is 5.20. The molecule has 1 heterocycles. The number of aromatic nitrogens is 2. The van der Waals surface area contributed by atoms with Crippen LogP contribution in [0.25, 0.3) is 11.4 Å². The molecule has 0 radical (unpaired) electrons. The molecule has 0 spiro atoms. The predicted molar refractivity (Wildman–Crippen MR) is 62.2 cm³/mol. The van der Waals surface area contributed by atoms with Crippen LogP contribution in [0.3, 0.4) is 0 Å². The molecule has 80 valence electrons. The van der Waals surface area contributed by atoms with Crippen LogP contribution in [0.1, 0.15) is 22.8 Å². The standard InChI is InChI=1S/C13H12N2O/c1-2-10-3-5-12(6-4-10)13-14-7-11(9-16)8-15-13/h3-9H,2H2,1H3. The van der Waals surface area contributed by atoms with Gasteiger partial charge in [-0.3, -0.25) is 4.79 Å². The number of hydrogen-bond donors (Lipinski definition) is 0. The van der Waals surface area contributed by atoms with Crippen molar-refractivity contribution in [3.8, 4) is 11.4 Å². The van der Waals surface area contributed by atoms with Crippen LogP contribution < -0.4 is 0 Å². The first kappa shape index (κ1) is 10.5. The number of hydrogen-bond acceptors (Lipinski definition) is 3. The van der Waals surface area contributed by atoms with Crippen LogP contribution in [-0.4, -0.2) is 16.3 Å². The van der Waals surface area contributed by atoms with E-state index in [0.29, 0.717) is 11.4 Å². The molecule has 2 rings (SSSR count). The van der Waals surface area contributed by atoms with Crippen molar-refractivity contribution < 1.29 is 4.79 Å². The van der Waals surface area contributed by atoms with Gasteiger partial charge in [0.1, 0.15) is 0 Å². The van der Waals surface area contributed by atoms with Crippen molar-refractivity contribution in [1.29, 1.82) is 0 Å². The molecule has 0 aliphatic rings. The number of rotatable bonds is 3. The van der Waals surface area contributed by atoms with E-state index in [4.69, 9.17) is 0 Å². The summed E-state index contributed by atoms with van der Waals surface area (Å²) in [4.78, 5) is 18.7. The van der Waals surface area contributed by atoms with Crippen LogP contribution in [0.15, 0.2) is 36.7 Å². The Morgan fingerprint density at radius 1 is 1.12 bits per heavy atom. The van der Waals surface area contributed by atoms with Crippen LogP contribution in [0.2, 0.25) is 0 Å². The molecule has 0 fully saturated rings. The fraction of sp³-hybridized carbons (Fsp3) is 0.154. The maximum absolute atomic E-state index is 10.5. The summed E-state index contributed by atoms with van der Waals surface area (Å²) in [5.74, 6) is 0.647. The van der Waals surface area contributed by atoms with Gasteiger partial charge in [-0.05, 0) is 12.0 Å². The lowest BCUT2D eigenvalue weighted by Gasteiger charge is -2.01. The fourth-order valence-electron chi connectivity index (χ4n) is 1.44. The van der Waals surface area contributed by atoms with Crippen molar-refractivity contribution in [2.45, 2.75) is 13.3 Å². The highest BCUT2D eigenvalue weighted by Crippen LogP contribution is 2.15. The Hall–Kier alpha value is -2.03. The Bertz CT molecular complexity index is 474. The molecule has 0 unspecified atom stereocenters. The van der Waals surface area contributed by atoms with E-state index >= 15 is 0 Å². The number of aldehydes is 1. The second kappa shape index (κ2) is 4.66. The van der Waals surface area contributed by atoms with Crippen LogP contribution >= 0.6 is 0 Å². The minimum atomic E-state index is 0.494. The molecule has 16 heavy (non-hydrogen) atoms. The summed E-state index contributed by atoms with van der Waals surface area (Å²) in [6, 6.07) is 8.11. The third-order valence-electron chi connectivity index (χ3n) is 2.43. The number of aryl methyl sites for hydroxylation is 1. The molecule has 2 aromatic rings. The van der Waals surface area contributed by atoms with Gasteiger partial charge in [0.15, 0.2) is 12.1 Å². The SMILES string of the molecule is CCc1ccc(-c2ncc(C=O)cn2)cc1. The quantitative estimate of drug-likeness (QED) is 0.734. The van der Waals surface area contributed by atoms with E-state index in [1.54, 1.807) is 0 Å². The van der Waals surface area contributed by atoms with E-state index < -0.39 is 0 Å². The Balaban J connectivity index is 2.31. The molecule has 1 aromatic heterocycles. The van der Waals surface area contributed by atoms with E-state index in [0.717, 1.165) is 18.3 Å². The molecule has 0 atom stereocenters. The minimum absolute atomic E-state index is 0.494. The van der Waals surface area contributed by atoms with Crippen molar-refractivity contribution in [3.63, 3.8) is 0 Å². The molecule has 0 aliphatic carbocycles. The highest BCUT2D eigenvalue weighted by atomic mass is 16.1. The summed E-state index contributed by atoms with van der Waals surface area (Å²) < 4.78 is 0. The van der Waals surface area contributed by atoms with Gasteiger partial charge in [0.2, 0.25) is 0 Å². The maximum atomic E-state index is 10.5. The fourth-order valence-corrected chi connectivity index (χ4v) is 1.44. The van der Waals surface area contributed by atoms with Gasteiger partial charge in [-0.1, -0.05) is 31.2 Å². The smallest absolute Gasteiger partial charge is 0.159 e. The van der Waals surface area contributed by atoms with Crippen LogP contribution in [-0.2, 0) is 6.42 Å². The van der Waals surface area contributed by atoms with Crippen molar-refractivity contribution in [2.75, 3.05) is 0 Å². The lowest BCUT2D eigenvalue weighted by atomic mass is 10.1. The number of carbonyl (C=O) groups excluding carboxylic acids is 1. The van der Waals surface area contributed by atoms with Crippen molar-refractivity contribution >= 4 is 6.29 Å². The normalized spacial score (nSPS) is 10.1.